The van der Waals surface area contributed by atoms with Crippen molar-refractivity contribution >= 4 is 18.0 Å². The van der Waals surface area contributed by atoms with E-state index in [0.29, 0.717) is 0 Å². The molecular formula is C23H34N2O6. The highest BCUT2D eigenvalue weighted by Gasteiger charge is 2.41. The Labute approximate surface area is 183 Å². The van der Waals surface area contributed by atoms with Gasteiger partial charge in [0.1, 0.15) is 12.2 Å². The molecule has 1 amide bonds. The molecular weight excluding hydrogens is 400 g/mol. The molecule has 2 rings (SSSR count). The van der Waals surface area contributed by atoms with Crippen molar-refractivity contribution in [3.63, 3.8) is 0 Å². The second kappa shape index (κ2) is 10.6. The molecule has 1 aromatic carbocycles. The normalized spacial score (nSPS) is 20.8. The average molecular weight is 435 g/mol. The van der Waals surface area contributed by atoms with Crippen molar-refractivity contribution < 1.29 is 28.6 Å². The Morgan fingerprint density at radius 1 is 0.968 bits per heavy atom. The Balaban J connectivity index is 1.71. The molecule has 31 heavy (non-hydrogen) atoms. The van der Waals surface area contributed by atoms with E-state index in [1.807, 2.05) is 51.1 Å². The van der Waals surface area contributed by atoms with Crippen molar-refractivity contribution in [3.8, 4) is 0 Å². The number of hydrogen-bond acceptors (Lipinski definition) is 7. The lowest BCUT2D eigenvalue weighted by Crippen LogP contribution is -2.54. The van der Waals surface area contributed by atoms with Crippen LogP contribution in [0, 0.1) is 5.92 Å². The van der Waals surface area contributed by atoms with Crippen LogP contribution in [0.3, 0.4) is 0 Å². The zero-order chi connectivity index (χ0) is 23.1. The van der Waals surface area contributed by atoms with Crippen LogP contribution in [0.15, 0.2) is 30.3 Å². The number of benzene rings is 1. The number of esters is 2. The molecule has 3 N–H and O–H groups in total. The minimum absolute atomic E-state index is 0.0361. The van der Waals surface area contributed by atoms with Crippen LogP contribution in [0.2, 0.25) is 0 Å². The van der Waals surface area contributed by atoms with E-state index in [1.165, 1.54) is 6.92 Å². The second-order valence-corrected chi connectivity index (χ2v) is 9.23. The molecule has 1 atom stereocenters. The molecule has 1 aliphatic carbocycles. The van der Waals surface area contributed by atoms with Gasteiger partial charge in [-0.25, -0.2) is 14.4 Å². The molecule has 172 valence electrons. The van der Waals surface area contributed by atoms with E-state index in [1.54, 1.807) is 0 Å². The lowest BCUT2D eigenvalue weighted by atomic mass is 9.86. The van der Waals surface area contributed by atoms with E-state index >= 15 is 0 Å². The fourth-order valence-electron chi connectivity index (χ4n) is 3.25. The molecule has 0 bridgehead atoms. The van der Waals surface area contributed by atoms with Crippen LogP contribution in [0.25, 0.3) is 0 Å². The van der Waals surface area contributed by atoms with Crippen molar-refractivity contribution in [2.24, 2.45) is 11.7 Å². The number of rotatable bonds is 7. The number of carbonyl (C=O) groups excluding carboxylic acids is 3. The van der Waals surface area contributed by atoms with Crippen LogP contribution in [0.1, 0.15) is 58.9 Å². The molecule has 8 nitrogen and oxygen atoms in total. The summed E-state index contributed by atoms with van der Waals surface area (Å²) in [6.45, 7) is 6.97. The topological polar surface area (TPSA) is 117 Å². The van der Waals surface area contributed by atoms with E-state index in [-0.39, 0.29) is 25.2 Å². The number of nitrogens with two attached hydrogens (primary N) is 1. The first kappa shape index (κ1) is 24.7. The molecule has 8 heteroatoms. The van der Waals surface area contributed by atoms with Gasteiger partial charge in [0.2, 0.25) is 5.54 Å². The third-order valence-electron chi connectivity index (χ3n) is 5.08. The maximum Gasteiger partial charge on any atom is 0.407 e. The Morgan fingerprint density at radius 3 is 2.13 bits per heavy atom. The standard InChI is InChI=1S/C23H34N2O6/c1-22(2,3)31-21(28)25-18-12-10-17(11-13-18)15-30-20(27)23(4,24)19(26)29-14-16-8-6-5-7-9-16/h5-9,17-18H,10-15,24H2,1-4H3,(H,25,28)/t17?,18?,23-/m1/s1. The van der Waals surface area contributed by atoms with Crippen molar-refractivity contribution in [1.29, 1.82) is 0 Å². The maximum atomic E-state index is 12.4. The highest BCUT2D eigenvalue weighted by atomic mass is 16.6. The first-order chi connectivity index (χ1) is 14.5. The Hall–Kier alpha value is -2.61. The first-order valence-electron chi connectivity index (χ1n) is 10.6. The molecule has 0 spiro atoms. The van der Waals surface area contributed by atoms with Gasteiger partial charge < -0.3 is 25.3 Å². The number of nitrogens with one attached hydrogen (secondary N) is 1. The molecule has 0 aromatic heterocycles. The van der Waals surface area contributed by atoms with Gasteiger partial charge in [-0.05, 0) is 64.9 Å². The molecule has 1 fully saturated rings. The number of amides is 1. The number of hydrogen-bond donors (Lipinski definition) is 2. The molecule has 0 unspecified atom stereocenters. The van der Waals surface area contributed by atoms with Crippen LogP contribution < -0.4 is 11.1 Å². The van der Waals surface area contributed by atoms with Gasteiger partial charge in [0.05, 0.1) is 6.61 Å². The largest absolute Gasteiger partial charge is 0.464 e. The molecule has 1 aromatic rings. The second-order valence-electron chi connectivity index (χ2n) is 9.23. The summed E-state index contributed by atoms with van der Waals surface area (Å²) in [4.78, 5) is 36.5. The Morgan fingerprint density at radius 2 is 1.55 bits per heavy atom. The SMILES string of the molecule is CC(C)(C)OC(=O)NC1CCC(COC(=O)[C@](C)(N)C(=O)OCc2ccccc2)CC1. The van der Waals surface area contributed by atoms with Gasteiger partial charge >= 0.3 is 18.0 Å². The van der Waals surface area contributed by atoms with E-state index in [9.17, 15) is 14.4 Å². The highest BCUT2D eigenvalue weighted by molar-refractivity contribution is 6.04. The van der Waals surface area contributed by atoms with Gasteiger partial charge in [0, 0.05) is 6.04 Å². The van der Waals surface area contributed by atoms with E-state index in [4.69, 9.17) is 19.9 Å². The number of carbonyl (C=O) groups is 3. The summed E-state index contributed by atoms with van der Waals surface area (Å²) in [7, 11) is 0. The lowest BCUT2D eigenvalue weighted by Gasteiger charge is -2.30. The Kier molecular flexibility index (Phi) is 8.44. The van der Waals surface area contributed by atoms with E-state index < -0.39 is 29.2 Å². The highest BCUT2D eigenvalue weighted by Crippen LogP contribution is 2.25. The van der Waals surface area contributed by atoms with Crippen LogP contribution in [-0.2, 0) is 30.4 Å². The van der Waals surface area contributed by atoms with Crippen LogP contribution in [0.5, 0.6) is 0 Å². The number of alkyl carbamates (subject to hydrolysis) is 1. The summed E-state index contributed by atoms with van der Waals surface area (Å²) >= 11 is 0. The van der Waals surface area contributed by atoms with Crippen LogP contribution in [0.4, 0.5) is 4.79 Å². The molecule has 1 saturated carbocycles. The molecule has 0 aliphatic heterocycles. The van der Waals surface area contributed by atoms with Crippen molar-refractivity contribution in [2.45, 2.75) is 77.2 Å². The molecule has 1 aliphatic rings. The molecule has 0 radical (unpaired) electrons. The summed E-state index contributed by atoms with van der Waals surface area (Å²) in [6, 6.07) is 9.18. The van der Waals surface area contributed by atoms with Gasteiger partial charge in [-0.15, -0.1) is 0 Å². The average Bonchev–Trinajstić information content (AvgIpc) is 2.70. The Bertz CT molecular complexity index is 749. The van der Waals surface area contributed by atoms with Gasteiger partial charge in [-0.2, -0.15) is 0 Å². The minimum atomic E-state index is -1.87. The third kappa shape index (κ3) is 8.20. The minimum Gasteiger partial charge on any atom is -0.464 e. The zero-order valence-corrected chi connectivity index (χ0v) is 18.8. The first-order valence-corrected chi connectivity index (χ1v) is 10.6. The van der Waals surface area contributed by atoms with Crippen LogP contribution >= 0.6 is 0 Å². The van der Waals surface area contributed by atoms with Gasteiger partial charge in [0.15, 0.2) is 0 Å². The zero-order valence-electron chi connectivity index (χ0n) is 18.8. The van der Waals surface area contributed by atoms with Gasteiger partial charge in [0.25, 0.3) is 0 Å². The maximum absolute atomic E-state index is 12.4. The summed E-state index contributed by atoms with van der Waals surface area (Å²) in [6.07, 6.45) is 2.68. The monoisotopic (exact) mass is 434 g/mol. The molecule has 0 heterocycles. The predicted octanol–water partition coefficient (Wildman–Crippen LogP) is 3.07. The van der Waals surface area contributed by atoms with Crippen molar-refractivity contribution in [3.05, 3.63) is 35.9 Å². The molecule has 0 saturated heterocycles. The van der Waals surface area contributed by atoms with Gasteiger partial charge in [-0.3, -0.25) is 0 Å². The lowest BCUT2D eigenvalue weighted by molar-refractivity contribution is -0.165. The van der Waals surface area contributed by atoms with Gasteiger partial charge in [-0.1, -0.05) is 30.3 Å². The van der Waals surface area contributed by atoms with E-state index in [0.717, 1.165) is 31.2 Å². The van der Waals surface area contributed by atoms with Crippen molar-refractivity contribution in [1.82, 2.24) is 5.32 Å². The third-order valence-corrected chi connectivity index (χ3v) is 5.08. The summed E-state index contributed by atoms with van der Waals surface area (Å²) in [5.74, 6) is -1.48. The fourth-order valence-corrected chi connectivity index (χ4v) is 3.25. The van der Waals surface area contributed by atoms with E-state index in [2.05, 4.69) is 5.32 Å². The van der Waals surface area contributed by atoms with Crippen molar-refractivity contribution in [2.75, 3.05) is 6.61 Å². The summed E-state index contributed by atoms with van der Waals surface area (Å²) in [5, 5.41) is 2.88. The van der Waals surface area contributed by atoms with Crippen LogP contribution in [-0.4, -0.2) is 41.8 Å². The smallest absolute Gasteiger partial charge is 0.407 e. The summed E-state index contributed by atoms with van der Waals surface area (Å²) < 4.78 is 15.8. The quantitative estimate of drug-likeness (QED) is 0.385. The predicted molar refractivity (Wildman–Crippen MR) is 115 cm³/mol. The summed E-state index contributed by atoms with van der Waals surface area (Å²) in [5.41, 5.74) is 4.30. The number of ether oxygens (including phenoxy) is 3. The fraction of sp³-hybridized carbons (Fsp3) is 0.609.